The van der Waals surface area contributed by atoms with E-state index in [1.165, 1.54) is 5.56 Å². The highest BCUT2D eigenvalue weighted by Crippen LogP contribution is 2.26. The van der Waals surface area contributed by atoms with Crippen molar-refractivity contribution in [2.75, 3.05) is 5.32 Å². The molecule has 0 amide bonds. The van der Waals surface area contributed by atoms with Crippen LogP contribution < -0.4 is 15.8 Å². The molecule has 4 aromatic carbocycles. The Balaban J connectivity index is 1.18. The van der Waals surface area contributed by atoms with Crippen molar-refractivity contribution in [1.29, 1.82) is 0 Å². The Morgan fingerprint density at radius 2 is 0.972 bits per heavy atom. The molecule has 0 saturated carbocycles. The summed E-state index contributed by atoms with van der Waals surface area (Å²) in [6, 6.07) is 31.0. The van der Waals surface area contributed by atoms with E-state index in [9.17, 15) is 0 Å². The third-order valence-electron chi connectivity index (χ3n) is 5.50. The quantitative estimate of drug-likeness (QED) is 0.288. The number of nitrogens with one attached hydrogen (secondary N) is 2. The van der Waals surface area contributed by atoms with Crippen molar-refractivity contribution >= 4 is 39.9 Å². The molecule has 0 fully saturated rings. The summed E-state index contributed by atoms with van der Waals surface area (Å²) in [5.74, 6) is 1.62. The maximum Gasteiger partial charge on any atom is 0.127 e. The molecule has 4 aromatic rings. The number of benzene rings is 4. The van der Waals surface area contributed by atoms with Crippen LogP contribution in [0.25, 0.3) is 0 Å². The molecule has 5 rings (SSSR count). The highest BCUT2D eigenvalue weighted by Gasteiger charge is 2.02. The van der Waals surface area contributed by atoms with Crippen LogP contribution in [0.3, 0.4) is 0 Å². The molecule has 5 heteroatoms. The van der Waals surface area contributed by atoms with Crippen molar-refractivity contribution in [1.82, 2.24) is 5.73 Å². The molecule has 2 N–H and O–H groups in total. The average Bonchev–Trinajstić information content (AvgIpc) is 2.90. The van der Waals surface area contributed by atoms with E-state index >= 15 is 0 Å². The SMILES string of the molecule is Cc1ccc(Oc2ccc(Nc3ccc(N=C4C=CC(=Nc5ccc([NH])cc5)C=C4)cc3)cc2)cc1. The maximum atomic E-state index is 7.56. The molecule has 1 aliphatic rings. The van der Waals surface area contributed by atoms with Gasteiger partial charge in [0, 0.05) is 11.4 Å². The standard InChI is InChI=1S/C31H25N4O/c1-22-2-18-30(19-3-22)36-31-20-16-29(17-21-31)35-28-14-12-27(13-15-28)34-26-10-8-25(9-11-26)33-24-6-4-23(32)5-7-24/h2-21,32,35H,1H3. The van der Waals surface area contributed by atoms with Gasteiger partial charge < -0.3 is 15.8 Å². The lowest BCUT2D eigenvalue weighted by molar-refractivity contribution is 0.482. The highest BCUT2D eigenvalue weighted by atomic mass is 16.5. The fourth-order valence-electron chi connectivity index (χ4n) is 3.57. The number of aliphatic imine (C=N–C) groups is 2. The van der Waals surface area contributed by atoms with Gasteiger partial charge in [-0.05, 0) is 116 Å². The fourth-order valence-corrected chi connectivity index (χ4v) is 3.57. The van der Waals surface area contributed by atoms with Crippen molar-refractivity contribution in [2.24, 2.45) is 9.98 Å². The van der Waals surface area contributed by atoms with Crippen molar-refractivity contribution in [3.63, 3.8) is 0 Å². The molecular weight excluding hydrogens is 444 g/mol. The first-order valence-corrected chi connectivity index (χ1v) is 11.7. The van der Waals surface area contributed by atoms with Crippen LogP contribution in [-0.2, 0) is 0 Å². The summed E-state index contributed by atoms with van der Waals surface area (Å²) in [5, 5.41) is 3.41. The third kappa shape index (κ3) is 6.15. The zero-order valence-corrected chi connectivity index (χ0v) is 19.8. The van der Waals surface area contributed by atoms with Crippen LogP contribution in [0, 0.1) is 6.92 Å². The molecule has 5 nitrogen and oxygen atoms in total. The Labute approximate surface area is 211 Å². The molecular formula is C31H25N4O. The van der Waals surface area contributed by atoms with Gasteiger partial charge in [0.1, 0.15) is 11.5 Å². The molecule has 175 valence electrons. The van der Waals surface area contributed by atoms with Gasteiger partial charge in [0.05, 0.1) is 28.5 Å². The lowest BCUT2D eigenvalue weighted by Crippen LogP contribution is -1.99. The normalized spacial score (nSPS) is 12.4. The van der Waals surface area contributed by atoms with Gasteiger partial charge in [-0.2, -0.15) is 0 Å². The van der Waals surface area contributed by atoms with E-state index in [0.717, 1.165) is 45.7 Å². The first-order valence-electron chi connectivity index (χ1n) is 11.7. The van der Waals surface area contributed by atoms with Gasteiger partial charge in [-0.3, -0.25) is 0 Å². The second-order valence-electron chi connectivity index (χ2n) is 8.40. The third-order valence-corrected chi connectivity index (χ3v) is 5.50. The summed E-state index contributed by atoms with van der Waals surface area (Å²) in [7, 11) is 0. The summed E-state index contributed by atoms with van der Waals surface area (Å²) in [6.07, 6.45) is 7.78. The van der Waals surface area contributed by atoms with Crippen LogP contribution >= 0.6 is 0 Å². The predicted octanol–water partition coefficient (Wildman–Crippen LogP) is 8.42. The maximum absolute atomic E-state index is 7.56. The van der Waals surface area contributed by atoms with Crippen molar-refractivity contribution in [3.8, 4) is 11.5 Å². The number of aryl methyl sites for hydroxylation is 1. The van der Waals surface area contributed by atoms with E-state index in [4.69, 9.17) is 15.5 Å². The summed E-state index contributed by atoms with van der Waals surface area (Å²) in [6.45, 7) is 2.06. The Morgan fingerprint density at radius 1 is 0.556 bits per heavy atom. The van der Waals surface area contributed by atoms with Crippen LogP contribution in [0.5, 0.6) is 11.5 Å². The van der Waals surface area contributed by atoms with Gasteiger partial charge in [-0.1, -0.05) is 17.7 Å². The van der Waals surface area contributed by atoms with Crippen LogP contribution in [0.15, 0.2) is 131 Å². The molecule has 0 bridgehead atoms. The molecule has 0 atom stereocenters. The minimum Gasteiger partial charge on any atom is -0.457 e. The van der Waals surface area contributed by atoms with Crippen molar-refractivity contribution < 1.29 is 4.74 Å². The summed E-state index contributed by atoms with van der Waals surface area (Å²) < 4.78 is 5.90. The lowest BCUT2D eigenvalue weighted by atomic mass is 10.1. The number of nitrogens with zero attached hydrogens (tertiary/aromatic N) is 2. The molecule has 1 radical (unpaired) electrons. The van der Waals surface area contributed by atoms with Crippen molar-refractivity contribution in [2.45, 2.75) is 6.92 Å². The van der Waals surface area contributed by atoms with Crippen LogP contribution in [-0.4, -0.2) is 11.4 Å². The molecule has 0 heterocycles. The molecule has 36 heavy (non-hydrogen) atoms. The van der Waals surface area contributed by atoms with Gasteiger partial charge in [0.15, 0.2) is 0 Å². The number of rotatable bonds is 6. The van der Waals surface area contributed by atoms with Crippen LogP contribution in [0.2, 0.25) is 0 Å². The summed E-state index contributed by atoms with van der Waals surface area (Å²) in [4.78, 5) is 9.27. The van der Waals surface area contributed by atoms with E-state index in [-0.39, 0.29) is 0 Å². The van der Waals surface area contributed by atoms with E-state index in [1.807, 2.05) is 109 Å². The molecule has 0 aromatic heterocycles. The molecule has 0 saturated heterocycles. The van der Waals surface area contributed by atoms with Gasteiger partial charge in [-0.15, -0.1) is 0 Å². The first kappa shape index (κ1) is 22.9. The van der Waals surface area contributed by atoms with Crippen LogP contribution in [0.1, 0.15) is 5.56 Å². The topological polar surface area (TPSA) is 69.8 Å². The van der Waals surface area contributed by atoms with E-state index in [1.54, 1.807) is 12.1 Å². The second kappa shape index (κ2) is 10.6. The number of hydrogen-bond acceptors (Lipinski definition) is 4. The fraction of sp³-hybridized carbons (Fsp3) is 0.0323. The molecule has 0 unspecified atom stereocenters. The molecule has 1 aliphatic carbocycles. The number of hydrogen-bond donors (Lipinski definition) is 1. The minimum absolute atomic E-state index is 0.478. The van der Waals surface area contributed by atoms with Crippen molar-refractivity contribution in [3.05, 3.63) is 127 Å². The van der Waals surface area contributed by atoms with Gasteiger partial charge in [-0.25, -0.2) is 9.98 Å². The smallest absolute Gasteiger partial charge is 0.127 e. The number of anilines is 2. The Kier molecular flexibility index (Phi) is 6.72. The number of allylic oxidation sites excluding steroid dienone is 4. The average molecular weight is 470 g/mol. The lowest BCUT2D eigenvalue weighted by Gasteiger charge is -2.09. The zero-order valence-electron chi connectivity index (χ0n) is 19.8. The predicted molar refractivity (Wildman–Crippen MR) is 149 cm³/mol. The Bertz CT molecular complexity index is 1430. The van der Waals surface area contributed by atoms with Gasteiger partial charge >= 0.3 is 0 Å². The van der Waals surface area contributed by atoms with E-state index < -0.39 is 0 Å². The largest absolute Gasteiger partial charge is 0.457 e. The molecule has 0 spiro atoms. The van der Waals surface area contributed by atoms with E-state index in [0.29, 0.717) is 5.69 Å². The molecule has 0 aliphatic heterocycles. The first-order chi connectivity index (χ1) is 17.6. The van der Waals surface area contributed by atoms with Gasteiger partial charge in [0.2, 0.25) is 0 Å². The minimum atomic E-state index is 0.478. The number of ether oxygens (including phenoxy) is 1. The summed E-state index contributed by atoms with van der Waals surface area (Å²) in [5.41, 5.74) is 14.6. The highest BCUT2D eigenvalue weighted by molar-refractivity contribution is 6.19. The monoisotopic (exact) mass is 469 g/mol. The second-order valence-corrected chi connectivity index (χ2v) is 8.40. The summed E-state index contributed by atoms with van der Waals surface area (Å²) >= 11 is 0. The Morgan fingerprint density at radius 3 is 1.47 bits per heavy atom. The zero-order chi connectivity index (χ0) is 24.7. The van der Waals surface area contributed by atoms with Crippen LogP contribution in [0.4, 0.5) is 28.4 Å². The van der Waals surface area contributed by atoms with E-state index in [2.05, 4.69) is 17.2 Å². The van der Waals surface area contributed by atoms with Gasteiger partial charge in [0.25, 0.3) is 0 Å². The Hall–Kier alpha value is -4.90.